The van der Waals surface area contributed by atoms with E-state index in [1.807, 2.05) is 6.07 Å². The van der Waals surface area contributed by atoms with Crippen LogP contribution in [0, 0.1) is 0 Å². The van der Waals surface area contributed by atoms with Crippen molar-refractivity contribution in [2.24, 2.45) is 0 Å². The summed E-state index contributed by atoms with van der Waals surface area (Å²) in [6.07, 6.45) is 2.50. The zero-order chi connectivity index (χ0) is 14.8. The summed E-state index contributed by atoms with van der Waals surface area (Å²) in [6.45, 7) is 8.71. The van der Waals surface area contributed by atoms with Gasteiger partial charge in [0.05, 0.1) is 0 Å². The van der Waals surface area contributed by atoms with Gasteiger partial charge in [0, 0.05) is 11.6 Å². The highest BCUT2D eigenvalue weighted by Gasteiger charge is 2.20. The zero-order valence-electron chi connectivity index (χ0n) is 12.3. The summed E-state index contributed by atoms with van der Waals surface area (Å²) in [5, 5.41) is 0. The number of aromatic nitrogens is 2. The molecule has 0 saturated carbocycles. The second kappa shape index (κ2) is 5.92. The van der Waals surface area contributed by atoms with Gasteiger partial charge < -0.3 is 4.74 Å². The van der Waals surface area contributed by atoms with Crippen LogP contribution in [0.5, 0.6) is 11.6 Å². The van der Waals surface area contributed by atoms with Gasteiger partial charge in [-0.3, -0.25) is 0 Å². The van der Waals surface area contributed by atoms with Gasteiger partial charge in [-0.1, -0.05) is 39.8 Å². The average Bonchev–Trinajstić information content (AvgIpc) is 2.38. The van der Waals surface area contributed by atoms with Gasteiger partial charge in [-0.25, -0.2) is 9.97 Å². The molecule has 0 spiro atoms. The fraction of sp³-hybridized carbons (Fsp3) is 0.375. The summed E-state index contributed by atoms with van der Waals surface area (Å²) in [6, 6.07) is 8.10. The quantitative estimate of drug-likeness (QED) is 0.749. The monoisotopic (exact) mass is 334 g/mol. The molecule has 0 aliphatic heterocycles. The molecule has 106 valence electrons. The van der Waals surface area contributed by atoms with Crippen molar-refractivity contribution < 1.29 is 4.74 Å². The molecule has 0 radical (unpaired) electrons. The van der Waals surface area contributed by atoms with E-state index >= 15 is 0 Å². The predicted octanol–water partition coefficient (Wildman–Crippen LogP) is 4.89. The van der Waals surface area contributed by atoms with Gasteiger partial charge in [0.15, 0.2) is 0 Å². The van der Waals surface area contributed by atoms with Crippen molar-refractivity contribution in [3.05, 3.63) is 46.3 Å². The van der Waals surface area contributed by atoms with E-state index in [1.165, 1.54) is 17.5 Å². The molecule has 3 nitrogen and oxygen atoms in total. The van der Waals surface area contributed by atoms with Gasteiger partial charge in [-0.2, -0.15) is 0 Å². The lowest BCUT2D eigenvalue weighted by Gasteiger charge is -2.23. The molecule has 1 aromatic heterocycles. The molecule has 1 aromatic carbocycles. The number of halogens is 1. The molecule has 0 aliphatic rings. The largest absolute Gasteiger partial charge is 0.439 e. The molecule has 0 fully saturated rings. The lowest BCUT2D eigenvalue weighted by Crippen LogP contribution is -2.13. The number of nitrogens with zero attached hydrogens (tertiary/aromatic N) is 2. The van der Waals surface area contributed by atoms with Crippen molar-refractivity contribution in [1.29, 1.82) is 0 Å². The highest BCUT2D eigenvalue weighted by atomic mass is 79.9. The second-order valence-corrected chi connectivity index (χ2v) is 6.53. The van der Waals surface area contributed by atoms with E-state index in [0.717, 1.165) is 12.2 Å². The Bertz CT molecular complexity index is 606. The van der Waals surface area contributed by atoms with Gasteiger partial charge in [-0.15, -0.1) is 0 Å². The first kappa shape index (κ1) is 15.0. The topological polar surface area (TPSA) is 35.0 Å². The van der Waals surface area contributed by atoms with Crippen LogP contribution < -0.4 is 4.74 Å². The maximum Gasteiger partial charge on any atom is 0.223 e. The second-order valence-electron chi connectivity index (χ2n) is 5.72. The molecule has 0 unspecified atom stereocenters. The minimum atomic E-state index is 0.0186. The summed E-state index contributed by atoms with van der Waals surface area (Å²) in [4.78, 5) is 8.14. The molecule has 2 rings (SSSR count). The first-order chi connectivity index (χ1) is 9.40. The van der Waals surface area contributed by atoms with Crippen LogP contribution in [0.25, 0.3) is 0 Å². The Morgan fingerprint density at radius 3 is 2.50 bits per heavy atom. The highest BCUT2D eigenvalue weighted by molar-refractivity contribution is 9.10. The van der Waals surface area contributed by atoms with Crippen molar-refractivity contribution in [1.82, 2.24) is 9.97 Å². The van der Waals surface area contributed by atoms with Crippen LogP contribution in [0.15, 0.2) is 35.2 Å². The maximum absolute atomic E-state index is 5.94. The minimum absolute atomic E-state index is 0.0186. The number of rotatable bonds is 3. The number of aryl methyl sites for hydroxylation is 1. The van der Waals surface area contributed by atoms with E-state index in [2.05, 4.69) is 65.7 Å². The first-order valence-electron chi connectivity index (χ1n) is 6.69. The van der Waals surface area contributed by atoms with Gasteiger partial charge in [0.1, 0.15) is 16.7 Å². The smallest absolute Gasteiger partial charge is 0.223 e. The summed E-state index contributed by atoms with van der Waals surface area (Å²) in [5.41, 5.74) is 2.52. The van der Waals surface area contributed by atoms with E-state index in [0.29, 0.717) is 10.5 Å². The van der Waals surface area contributed by atoms with Crippen LogP contribution in [0.3, 0.4) is 0 Å². The van der Waals surface area contributed by atoms with E-state index in [9.17, 15) is 0 Å². The number of hydrogen-bond donors (Lipinski definition) is 0. The van der Waals surface area contributed by atoms with Crippen LogP contribution in [0.1, 0.15) is 38.8 Å². The summed E-state index contributed by atoms with van der Waals surface area (Å²) < 4.78 is 6.65. The highest BCUT2D eigenvalue weighted by Crippen LogP contribution is 2.34. The fourth-order valence-electron chi connectivity index (χ4n) is 1.96. The maximum atomic E-state index is 5.94. The minimum Gasteiger partial charge on any atom is -0.439 e. The van der Waals surface area contributed by atoms with Crippen molar-refractivity contribution in [3.63, 3.8) is 0 Å². The molecular formula is C16H19BrN2O. The van der Waals surface area contributed by atoms with Crippen LogP contribution in [-0.4, -0.2) is 9.97 Å². The molecule has 0 N–H and O–H groups in total. The van der Waals surface area contributed by atoms with Gasteiger partial charge in [0.2, 0.25) is 5.88 Å². The van der Waals surface area contributed by atoms with Crippen molar-refractivity contribution >= 4 is 15.9 Å². The Balaban J connectivity index is 2.41. The summed E-state index contributed by atoms with van der Waals surface area (Å²) >= 11 is 3.33. The van der Waals surface area contributed by atoms with Crippen LogP contribution in [0.2, 0.25) is 0 Å². The molecule has 0 aliphatic carbocycles. The van der Waals surface area contributed by atoms with Crippen LogP contribution in [-0.2, 0) is 11.8 Å². The van der Waals surface area contributed by atoms with Crippen LogP contribution in [0.4, 0.5) is 0 Å². The van der Waals surface area contributed by atoms with Crippen molar-refractivity contribution in [3.8, 4) is 11.6 Å². The molecule has 0 amide bonds. The van der Waals surface area contributed by atoms with Gasteiger partial charge in [0.25, 0.3) is 0 Å². The standard InChI is InChI=1S/C16H19BrN2O/c1-5-11-6-7-13(12(8-11)16(2,3)4)20-15-9-14(17)18-10-19-15/h6-10H,5H2,1-4H3. The molecule has 2 aromatic rings. The third kappa shape index (κ3) is 3.57. The summed E-state index contributed by atoms with van der Waals surface area (Å²) in [7, 11) is 0. The molecular weight excluding hydrogens is 316 g/mol. The third-order valence-corrected chi connectivity index (χ3v) is 3.52. The van der Waals surface area contributed by atoms with Crippen molar-refractivity contribution in [2.45, 2.75) is 39.5 Å². The Morgan fingerprint density at radius 1 is 1.15 bits per heavy atom. The van der Waals surface area contributed by atoms with Gasteiger partial charge >= 0.3 is 0 Å². The lowest BCUT2D eigenvalue weighted by atomic mass is 9.85. The predicted molar refractivity (Wildman–Crippen MR) is 84.3 cm³/mol. The van der Waals surface area contributed by atoms with E-state index < -0.39 is 0 Å². The zero-order valence-corrected chi connectivity index (χ0v) is 13.9. The molecule has 20 heavy (non-hydrogen) atoms. The van der Waals surface area contributed by atoms with E-state index in [4.69, 9.17) is 4.74 Å². The molecule has 1 heterocycles. The molecule has 0 bridgehead atoms. The van der Waals surface area contributed by atoms with Crippen molar-refractivity contribution in [2.75, 3.05) is 0 Å². The fourth-order valence-corrected chi connectivity index (χ4v) is 2.25. The third-order valence-electron chi connectivity index (χ3n) is 3.08. The number of hydrogen-bond acceptors (Lipinski definition) is 3. The van der Waals surface area contributed by atoms with Crippen LogP contribution >= 0.6 is 15.9 Å². The van der Waals surface area contributed by atoms with Gasteiger partial charge in [-0.05, 0) is 39.4 Å². The Kier molecular flexibility index (Phi) is 4.43. The Labute approximate surface area is 128 Å². The SMILES string of the molecule is CCc1ccc(Oc2cc(Br)ncn2)c(C(C)(C)C)c1. The van der Waals surface area contributed by atoms with E-state index in [1.54, 1.807) is 6.07 Å². The normalized spacial score (nSPS) is 11.4. The average molecular weight is 335 g/mol. The molecule has 0 saturated heterocycles. The summed E-state index contributed by atoms with van der Waals surface area (Å²) in [5.74, 6) is 1.39. The Hall–Kier alpha value is -1.42. The molecule has 0 atom stereocenters. The lowest BCUT2D eigenvalue weighted by molar-refractivity contribution is 0.438. The van der Waals surface area contributed by atoms with E-state index in [-0.39, 0.29) is 5.41 Å². The number of benzene rings is 1. The Morgan fingerprint density at radius 2 is 1.90 bits per heavy atom. The molecule has 4 heteroatoms. The first-order valence-corrected chi connectivity index (χ1v) is 7.48. The number of ether oxygens (including phenoxy) is 1.